The summed E-state index contributed by atoms with van der Waals surface area (Å²) in [6.07, 6.45) is 1.95. The van der Waals surface area contributed by atoms with Gasteiger partial charge in [0.05, 0.1) is 5.69 Å². The Morgan fingerprint density at radius 1 is 1.28 bits per heavy atom. The van der Waals surface area contributed by atoms with Crippen LogP contribution in [-0.2, 0) is 13.5 Å². The molecule has 0 aliphatic carbocycles. The number of piperazine rings is 1. The van der Waals surface area contributed by atoms with Crippen LogP contribution in [0.25, 0.3) is 0 Å². The molecule has 5 nitrogen and oxygen atoms in total. The predicted octanol–water partition coefficient (Wildman–Crippen LogP) is 3.03. The molecule has 1 aromatic carbocycles. The van der Waals surface area contributed by atoms with Crippen LogP contribution in [0.4, 0.5) is 5.69 Å². The zero-order valence-corrected chi connectivity index (χ0v) is 15.7. The molecular formula is C20H28N4O. The third-order valence-corrected chi connectivity index (χ3v) is 5.00. The second-order valence-corrected chi connectivity index (χ2v) is 6.97. The molecule has 1 aliphatic rings. The van der Waals surface area contributed by atoms with Gasteiger partial charge < -0.3 is 9.80 Å². The van der Waals surface area contributed by atoms with E-state index in [0.717, 1.165) is 38.2 Å². The third-order valence-electron chi connectivity index (χ3n) is 5.00. The maximum Gasteiger partial charge on any atom is 0.272 e. The van der Waals surface area contributed by atoms with Crippen LogP contribution in [-0.4, -0.2) is 46.3 Å². The molecule has 1 amide bonds. The predicted molar refractivity (Wildman–Crippen MR) is 101 cm³/mol. The topological polar surface area (TPSA) is 41.4 Å². The molecule has 2 heterocycles. The van der Waals surface area contributed by atoms with Gasteiger partial charge in [-0.1, -0.05) is 31.5 Å². The number of carbonyl (C=O) groups excluding carboxylic acids is 1. The van der Waals surface area contributed by atoms with E-state index in [9.17, 15) is 4.79 Å². The Kier molecular flexibility index (Phi) is 5.11. The van der Waals surface area contributed by atoms with Crippen molar-refractivity contribution in [2.24, 2.45) is 7.05 Å². The summed E-state index contributed by atoms with van der Waals surface area (Å²) in [5.74, 6) is 0.0919. The van der Waals surface area contributed by atoms with E-state index in [1.165, 1.54) is 11.3 Å². The highest BCUT2D eigenvalue weighted by Gasteiger charge is 2.30. The van der Waals surface area contributed by atoms with Gasteiger partial charge in [-0.3, -0.25) is 9.48 Å². The third kappa shape index (κ3) is 3.55. The quantitative estimate of drug-likeness (QED) is 0.859. The molecule has 0 bridgehead atoms. The minimum absolute atomic E-state index is 0.0919. The molecule has 3 rings (SSSR count). The van der Waals surface area contributed by atoms with Crippen molar-refractivity contribution in [2.45, 2.75) is 39.7 Å². The first-order chi connectivity index (χ1) is 12.0. The van der Waals surface area contributed by atoms with Gasteiger partial charge in [-0.05, 0) is 38.0 Å². The average Bonchev–Trinajstić information content (AvgIpc) is 2.95. The zero-order chi connectivity index (χ0) is 18.0. The highest BCUT2D eigenvalue weighted by Crippen LogP contribution is 2.23. The Balaban J connectivity index is 1.73. The summed E-state index contributed by atoms with van der Waals surface area (Å²) in [7, 11) is 1.86. The Morgan fingerprint density at radius 2 is 2.04 bits per heavy atom. The molecule has 25 heavy (non-hydrogen) atoms. The lowest BCUT2D eigenvalue weighted by Gasteiger charge is -2.41. The molecule has 1 fully saturated rings. The van der Waals surface area contributed by atoms with Crippen LogP contribution in [0.3, 0.4) is 0 Å². The number of hydrogen-bond donors (Lipinski definition) is 0. The van der Waals surface area contributed by atoms with E-state index < -0.39 is 0 Å². The SMILES string of the molecule is CCCc1cc(C(=O)N2CCN(c3ccccc3C)C[C@H]2C)n(C)n1. The van der Waals surface area contributed by atoms with Crippen molar-refractivity contribution in [2.75, 3.05) is 24.5 Å². The smallest absolute Gasteiger partial charge is 0.272 e. The maximum absolute atomic E-state index is 13.0. The first-order valence-electron chi connectivity index (χ1n) is 9.15. The minimum atomic E-state index is 0.0919. The lowest BCUT2D eigenvalue weighted by molar-refractivity contribution is 0.0663. The van der Waals surface area contributed by atoms with Crippen LogP contribution >= 0.6 is 0 Å². The summed E-state index contributed by atoms with van der Waals surface area (Å²) in [5.41, 5.74) is 4.25. The standard InChI is InChI=1S/C20H28N4O/c1-5-8-17-13-19(22(4)21-17)20(25)24-12-11-23(14-16(24)3)18-10-7-6-9-15(18)2/h6-7,9-10,13,16H,5,8,11-12,14H2,1-4H3/t16-/m1/s1. The van der Waals surface area contributed by atoms with Gasteiger partial charge in [-0.25, -0.2) is 0 Å². The average molecular weight is 340 g/mol. The van der Waals surface area contributed by atoms with Crippen LogP contribution in [0.1, 0.15) is 42.0 Å². The van der Waals surface area contributed by atoms with Gasteiger partial charge in [0.25, 0.3) is 5.91 Å². The second kappa shape index (κ2) is 7.30. The number of hydrogen-bond acceptors (Lipinski definition) is 3. The Bertz CT molecular complexity index is 752. The maximum atomic E-state index is 13.0. The van der Waals surface area contributed by atoms with Crippen LogP contribution in [0.5, 0.6) is 0 Å². The molecule has 134 valence electrons. The highest BCUT2D eigenvalue weighted by atomic mass is 16.2. The fourth-order valence-corrected chi connectivity index (χ4v) is 3.65. The molecule has 0 unspecified atom stereocenters. The molecule has 1 aliphatic heterocycles. The molecule has 0 saturated carbocycles. The van der Waals surface area contributed by atoms with E-state index in [0.29, 0.717) is 5.69 Å². The summed E-state index contributed by atoms with van der Waals surface area (Å²) in [5, 5.41) is 4.47. The molecule has 0 radical (unpaired) electrons. The Hall–Kier alpha value is -2.30. The summed E-state index contributed by atoms with van der Waals surface area (Å²) in [4.78, 5) is 17.4. The van der Waals surface area contributed by atoms with Crippen molar-refractivity contribution in [1.29, 1.82) is 0 Å². The van der Waals surface area contributed by atoms with E-state index in [2.05, 4.69) is 55.0 Å². The van der Waals surface area contributed by atoms with Crippen molar-refractivity contribution >= 4 is 11.6 Å². The van der Waals surface area contributed by atoms with Gasteiger partial charge in [-0.15, -0.1) is 0 Å². The van der Waals surface area contributed by atoms with Crippen LogP contribution in [0.15, 0.2) is 30.3 Å². The lowest BCUT2D eigenvalue weighted by atomic mass is 10.1. The van der Waals surface area contributed by atoms with Crippen LogP contribution < -0.4 is 4.90 Å². The number of rotatable bonds is 4. The number of para-hydroxylation sites is 1. The molecule has 1 aromatic heterocycles. The highest BCUT2D eigenvalue weighted by molar-refractivity contribution is 5.93. The molecule has 2 aromatic rings. The molecule has 0 N–H and O–H groups in total. The van der Waals surface area contributed by atoms with Crippen molar-refractivity contribution in [3.63, 3.8) is 0 Å². The van der Waals surface area contributed by atoms with Crippen molar-refractivity contribution in [3.8, 4) is 0 Å². The summed E-state index contributed by atoms with van der Waals surface area (Å²) in [6, 6.07) is 10.6. The van der Waals surface area contributed by atoms with Gasteiger partial charge in [0, 0.05) is 38.4 Å². The zero-order valence-electron chi connectivity index (χ0n) is 15.7. The number of amides is 1. The van der Waals surface area contributed by atoms with Crippen molar-refractivity contribution in [1.82, 2.24) is 14.7 Å². The number of aromatic nitrogens is 2. The largest absolute Gasteiger partial charge is 0.367 e. The van der Waals surface area contributed by atoms with Crippen LogP contribution in [0, 0.1) is 6.92 Å². The summed E-state index contributed by atoms with van der Waals surface area (Å²) >= 11 is 0. The van der Waals surface area contributed by atoms with E-state index >= 15 is 0 Å². The molecule has 0 spiro atoms. The van der Waals surface area contributed by atoms with E-state index in [-0.39, 0.29) is 11.9 Å². The summed E-state index contributed by atoms with van der Waals surface area (Å²) in [6.45, 7) is 8.86. The minimum Gasteiger partial charge on any atom is -0.367 e. The van der Waals surface area contributed by atoms with Gasteiger partial charge in [0.15, 0.2) is 0 Å². The molecule has 1 saturated heterocycles. The lowest BCUT2D eigenvalue weighted by Crippen LogP contribution is -2.54. The van der Waals surface area contributed by atoms with E-state index in [1.54, 1.807) is 4.68 Å². The van der Waals surface area contributed by atoms with E-state index in [1.807, 2.05) is 18.0 Å². The van der Waals surface area contributed by atoms with Gasteiger partial charge in [-0.2, -0.15) is 5.10 Å². The fourth-order valence-electron chi connectivity index (χ4n) is 3.65. The fraction of sp³-hybridized carbons (Fsp3) is 0.500. The number of aryl methyl sites for hydroxylation is 3. The first-order valence-corrected chi connectivity index (χ1v) is 9.15. The van der Waals surface area contributed by atoms with E-state index in [4.69, 9.17) is 0 Å². The normalized spacial score (nSPS) is 17.8. The monoisotopic (exact) mass is 340 g/mol. The Morgan fingerprint density at radius 3 is 2.72 bits per heavy atom. The molecule has 5 heteroatoms. The van der Waals surface area contributed by atoms with Crippen molar-refractivity contribution in [3.05, 3.63) is 47.3 Å². The molecule has 1 atom stereocenters. The summed E-state index contributed by atoms with van der Waals surface area (Å²) < 4.78 is 1.73. The number of benzene rings is 1. The first kappa shape index (κ1) is 17.5. The van der Waals surface area contributed by atoms with Gasteiger partial charge in [0.1, 0.15) is 5.69 Å². The van der Waals surface area contributed by atoms with Crippen LogP contribution in [0.2, 0.25) is 0 Å². The number of carbonyl (C=O) groups is 1. The Labute approximate surface area is 150 Å². The second-order valence-electron chi connectivity index (χ2n) is 6.97. The number of anilines is 1. The van der Waals surface area contributed by atoms with Gasteiger partial charge >= 0.3 is 0 Å². The molecular weight excluding hydrogens is 312 g/mol. The number of nitrogens with zero attached hydrogens (tertiary/aromatic N) is 4. The van der Waals surface area contributed by atoms with Crippen molar-refractivity contribution < 1.29 is 4.79 Å². The van der Waals surface area contributed by atoms with Gasteiger partial charge in [0.2, 0.25) is 0 Å².